The van der Waals surface area contributed by atoms with Crippen molar-refractivity contribution in [2.45, 2.75) is 31.1 Å². The minimum Gasteiger partial charge on any atom is -0.493 e. The number of thiocarbonyl (C=S) groups is 1. The van der Waals surface area contributed by atoms with E-state index in [9.17, 15) is 23.1 Å². The molecule has 1 fully saturated rings. The van der Waals surface area contributed by atoms with Gasteiger partial charge in [-0.15, -0.1) is 0 Å². The molecule has 0 spiro atoms. The molecule has 3 aromatic rings. The molecule has 1 saturated heterocycles. The smallest absolute Gasteiger partial charge is 0.416 e. The van der Waals surface area contributed by atoms with Crippen LogP contribution in [0.3, 0.4) is 0 Å². The number of fused-ring (bicyclic) bond motifs is 5. The van der Waals surface area contributed by atoms with Gasteiger partial charge in [0.1, 0.15) is 5.69 Å². The fourth-order valence-electron chi connectivity index (χ4n) is 5.18. The number of likely N-dealkylation sites (tertiary alicyclic amines) is 1. The number of aromatic hydroxyl groups is 1. The lowest BCUT2D eigenvalue weighted by Gasteiger charge is -2.30. The summed E-state index contributed by atoms with van der Waals surface area (Å²) in [7, 11) is 3.15. The van der Waals surface area contributed by atoms with Crippen LogP contribution >= 0.6 is 12.2 Å². The Morgan fingerprint density at radius 2 is 1.92 bits per heavy atom. The number of halogens is 3. The summed E-state index contributed by atoms with van der Waals surface area (Å²) < 4.78 is 52.6. The second kappa shape index (κ2) is 9.33. The van der Waals surface area contributed by atoms with Crippen LogP contribution in [0, 0.1) is 0 Å². The molecule has 8 nitrogen and oxygen atoms in total. The number of benzene rings is 2. The molecular formula is C25H25F3N4O4S. The summed E-state index contributed by atoms with van der Waals surface area (Å²) in [5, 5.41) is 14.7. The van der Waals surface area contributed by atoms with Crippen molar-refractivity contribution in [3.8, 4) is 23.1 Å². The number of rotatable bonds is 6. The lowest BCUT2D eigenvalue weighted by Crippen LogP contribution is -2.43. The maximum Gasteiger partial charge on any atom is 0.416 e. The molecule has 2 aliphatic heterocycles. The summed E-state index contributed by atoms with van der Waals surface area (Å²) in [6, 6.07) is 9.44. The molecule has 5 rings (SSSR count). The molecule has 37 heavy (non-hydrogen) atoms. The van der Waals surface area contributed by atoms with Crippen LogP contribution in [-0.4, -0.2) is 51.6 Å². The number of alkyl halides is 3. The summed E-state index contributed by atoms with van der Waals surface area (Å²) in [4.78, 5) is 15.1. The molecule has 0 aliphatic carbocycles. The summed E-state index contributed by atoms with van der Waals surface area (Å²) in [5.74, 6) is 0.915. The van der Waals surface area contributed by atoms with E-state index in [2.05, 4.69) is 5.32 Å². The van der Waals surface area contributed by atoms with E-state index in [1.54, 1.807) is 14.2 Å². The molecule has 1 aromatic heterocycles. The molecule has 0 radical (unpaired) electrons. The van der Waals surface area contributed by atoms with Gasteiger partial charge >= 0.3 is 11.9 Å². The first-order chi connectivity index (χ1) is 17.6. The molecule has 196 valence electrons. The molecule has 2 atom stereocenters. The van der Waals surface area contributed by atoms with E-state index in [1.165, 1.54) is 16.7 Å². The molecule has 2 N–H and O–H groups in total. The SMILES string of the molecule is COc1ccc(CCNC(=S)N2CC3C[C@@H]2c2c(O)n(-c4cccc(C(F)(F)F)c4)c(=O)n23)cc1OC. The minimum absolute atomic E-state index is 0.0409. The maximum atomic E-state index is 13.2. The van der Waals surface area contributed by atoms with Crippen molar-refractivity contribution in [3.05, 3.63) is 69.8 Å². The summed E-state index contributed by atoms with van der Waals surface area (Å²) in [5.41, 5.74) is -0.109. The third-order valence-electron chi connectivity index (χ3n) is 6.89. The minimum atomic E-state index is -4.57. The number of hydrogen-bond donors (Lipinski definition) is 2. The van der Waals surface area contributed by atoms with Gasteiger partial charge in [0.05, 0.1) is 37.6 Å². The van der Waals surface area contributed by atoms with Gasteiger partial charge < -0.3 is 24.8 Å². The van der Waals surface area contributed by atoms with E-state index >= 15 is 0 Å². The highest BCUT2D eigenvalue weighted by atomic mass is 32.1. The van der Waals surface area contributed by atoms with Crippen molar-refractivity contribution in [2.24, 2.45) is 0 Å². The predicted molar refractivity (Wildman–Crippen MR) is 134 cm³/mol. The van der Waals surface area contributed by atoms with Crippen LogP contribution in [0.25, 0.3) is 5.69 Å². The zero-order valence-electron chi connectivity index (χ0n) is 20.1. The predicted octanol–water partition coefficient (Wildman–Crippen LogP) is 3.80. The van der Waals surface area contributed by atoms with Crippen molar-refractivity contribution in [3.63, 3.8) is 0 Å². The molecule has 2 aliphatic rings. The van der Waals surface area contributed by atoms with Crippen molar-refractivity contribution in [2.75, 3.05) is 27.3 Å². The maximum absolute atomic E-state index is 13.2. The average molecular weight is 535 g/mol. The second-order valence-electron chi connectivity index (χ2n) is 8.97. The number of nitrogens with zero attached hydrogens (tertiary/aromatic N) is 3. The first-order valence-corrected chi connectivity index (χ1v) is 12.0. The summed E-state index contributed by atoms with van der Waals surface area (Å²) >= 11 is 5.61. The van der Waals surface area contributed by atoms with Gasteiger partial charge in [0.25, 0.3) is 0 Å². The number of imidazole rings is 1. The Labute approximate surface area is 215 Å². The fraction of sp³-hybridized carbons (Fsp3) is 0.360. The standard InChI is InChI=1S/C25H25F3N4O4S/c1-35-19-7-6-14(10-20(19)36-2)8-9-29-23(37)30-13-17-12-18(30)21-22(33)32(24(34)31(17)21)16-5-3-4-15(11-16)25(26,27)28/h3-7,10-11,17-18,33H,8-9,12-13H2,1-2H3,(H,29,37)/t17?,18-/m1/s1. The van der Waals surface area contributed by atoms with Gasteiger partial charge in [0.2, 0.25) is 5.88 Å². The zero-order chi connectivity index (χ0) is 26.5. The molecule has 1 unspecified atom stereocenters. The molecule has 12 heteroatoms. The lowest BCUT2D eigenvalue weighted by atomic mass is 10.1. The first-order valence-electron chi connectivity index (χ1n) is 11.6. The van der Waals surface area contributed by atoms with Crippen molar-refractivity contribution in [1.82, 2.24) is 19.4 Å². The highest BCUT2D eigenvalue weighted by molar-refractivity contribution is 7.80. The number of methoxy groups -OCH3 is 2. The Balaban J connectivity index is 1.32. The van der Waals surface area contributed by atoms with Crippen LogP contribution in [0.15, 0.2) is 47.3 Å². The van der Waals surface area contributed by atoms with E-state index in [0.29, 0.717) is 48.2 Å². The number of hydrogen-bond acceptors (Lipinski definition) is 5. The van der Waals surface area contributed by atoms with E-state index in [1.807, 2.05) is 23.1 Å². The number of nitrogens with one attached hydrogen (secondary N) is 1. The highest BCUT2D eigenvalue weighted by Gasteiger charge is 2.48. The quantitative estimate of drug-likeness (QED) is 0.466. The molecule has 3 heterocycles. The molecular weight excluding hydrogens is 509 g/mol. The van der Waals surface area contributed by atoms with Gasteiger partial charge in [0.15, 0.2) is 16.6 Å². The van der Waals surface area contributed by atoms with Crippen molar-refractivity contribution < 1.29 is 27.8 Å². The normalized spacial score (nSPS) is 18.1. The summed E-state index contributed by atoms with van der Waals surface area (Å²) in [6.45, 7) is 1.01. The Morgan fingerprint density at radius 1 is 1.16 bits per heavy atom. The van der Waals surface area contributed by atoms with E-state index in [4.69, 9.17) is 21.7 Å². The van der Waals surface area contributed by atoms with Gasteiger partial charge in [-0.25, -0.2) is 9.36 Å². The molecule has 0 saturated carbocycles. The van der Waals surface area contributed by atoms with Gasteiger partial charge in [-0.3, -0.25) is 4.57 Å². The lowest BCUT2D eigenvalue weighted by molar-refractivity contribution is -0.137. The monoisotopic (exact) mass is 534 g/mol. The van der Waals surface area contributed by atoms with Gasteiger partial charge in [-0.1, -0.05) is 12.1 Å². The zero-order valence-corrected chi connectivity index (χ0v) is 20.9. The first kappa shape index (κ1) is 25.0. The number of aromatic nitrogens is 2. The van der Waals surface area contributed by atoms with Crippen molar-refractivity contribution >= 4 is 17.3 Å². The highest BCUT2D eigenvalue weighted by Crippen LogP contribution is 2.48. The molecule has 0 amide bonds. The van der Waals surface area contributed by atoms with Crippen LogP contribution in [-0.2, 0) is 12.6 Å². The van der Waals surface area contributed by atoms with Crippen LogP contribution in [0.4, 0.5) is 13.2 Å². The van der Waals surface area contributed by atoms with Crippen LogP contribution in [0.1, 0.15) is 35.3 Å². The van der Waals surface area contributed by atoms with Crippen LogP contribution < -0.4 is 20.5 Å². The van der Waals surface area contributed by atoms with Gasteiger partial charge in [0, 0.05) is 13.1 Å². The second-order valence-corrected chi connectivity index (χ2v) is 9.36. The van der Waals surface area contributed by atoms with Crippen LogP contribution in [0.2, 0.25) is 0 Å². The molecule has 2 aromatic carbocycles. The van der Waals surface area contributed by atoms with E-state index in [-0.39, 0.29) is 23.7 Å². The van der Waals surface area contributed by atoms with E-state index in [0.717, 1.165) is 22.3 Å². The Morgan fingerprint density at radius 3 is 2.62 bits per heavy atom. The third-order valence-corrected chi connectivity index (χ3v) is 7.27. The Kier molecular flexibility index (Phi) is 6.30. The van der Waals surface area contributed by atoms with E-state index < -0.39 is 17.4 Å². The largest absolute Gasteiger partial charge is 0.493 e. The Hall–Kier alpha value is -3.67. The van der Waals surface area contributed by atoms with Gasteiger partial charge in [-0.05, 0) is 61.0 Å². The Bertz CT molecular complexity index is 1420. The topological polar surface area (TPSA) is 80.9 Å². The number of ether oxygens (including phenoxy) is 2. The molecule has 2 bridgehead atoms. The fourth-order valence-corrected chi connectivity index (χ4v) is 5.48. The van der Waals surface area contributed by atoms with Gasteiger partial charge in [-0.2, -0.15) is 13.2 Å². The average Bonchev–Trinajstić information content (AvgIpc) is 3.54. The third kappa shape index (κ3) is 4.28. The summed E-state index contributed by atoms with van der Waals surface area (Å²) in [6.07, 6.45) is -3.31. The van der Waals surface area contributed by atoms with Crippen molar-refractivity contribution in [1.29, 1.82) is 0 Å². The van der Waals surface area contributed by atoms with Crippen LogP contribution in [0.5, 0.6) is 17.4 Å².